The molecule has 3 aromatic rings. The molecule has 2 aromatic carbocycles. The predicted molar refractivity (Wildman–Crippen MR) is 131 cm³/mol. The first kappa shape index (κ1) is 27.0. The molecule has 0 saturated carbocycles. The van der Waals surface area contributed by atoms with Gasteiger partial charge in [-0.15, -0.1) is 10.2 Å². The van der Waals surface area contributed by atoms with Gasteiger partial charge < -0.3 is 0 Å². The van der Waals surface area contributed by atoms with Gasteiger partial charge in [-0.1, -0.05) is 60.7 Å². The third-order valence-corrected chi connectivity index (χ3v) is 8.74. The molecule has 7 nitrogen and oxygen atoms in total. The van der Waals surface area contributed by atoms with E-state index in [9.17, 15) is 26.4 Å². The average Bonchev–Trinajstić information content (AvgIpc) is 3.23. The number of benzene rings is 2. The van der Waals surface area contributed by atoms with Crippen molar-refractivity contribution in [1.29, 1.82) is 0 Å². The average molecular weight is 545 g/mol. The highest BCUT2D eigenvalue weighted by molar-refractivity contribution is 8.01. The zero-order valence-electron chi connectivity index (χ0n) is 19.0. The van der Waals surface area contributed by atoms with E-state index in [-0.39, 0.29) is 15.7 Å². The molecule has 1 N–H and O–H groups in total. The number of aryl methyl sites for hydroxylation is 1. The first-order chi connectivity index (χ1) is 16.4. The number of anilines is 2. The molecule has 0 atom stereocenters. The molecule has 0 unspecified atom stereocenters. The number of alkyl halides is 3. The Kier molecular flexibility index (Phi) is 8.44. The quantitative estimate of drug-likeness (QED) is 0.285. The summed E-state index contributed by atoms with van der Waals surface area (Å²) in [4.78, 5) is 12.6. The Hall–Kier alpha value is -2.64. The third-order valence-electron chi connectivity index (χ3n) is 4.55. The summed E-state index contributed by atoms with van der Waals surface area (Å²) in [5.74, 6) is 0.463. The minimum absolute atomic E-state index is 0.156. The molecule has 1 amide bonds. The van der Waals surface area contributed by atoms with Crippen LogP contribution < -0.4 is 9.62 Å². The van der Waals surface area contributed by atoms with E-state index >= 15 is 0 Å². The topological polar surface area (TPSA) is 92.3 Å². The fraction of sp³-hybridized carbons (Fsp3) is 0.318. The Balaban J connectivity index is 1.90. The van der Waals surface area contributed by atoms with Gasteiger partial charge in [0.05, 0.1) is 16.1 Å². The maximum absolute atomic E-state index is 13.4. The first-order valence-corrected chi connectivity index (χ1v) is 13.6. The predicted octanol–water partition coefficient (Wildman–Crippen LogP) is 5.45. The SMILES string of the molecule is Cc1ccc(S(=O)(=O)N(CC(=O)Nc2nnc(SCC(C)C)s2)c2cccc(C(F)(F)F)c2)cc1. The van der Waals surface area contributed by atoms with Crippen LogP contribution in [0.4, 0.5) is 24.0 Å². The van der Waals surface area contributed by atoms with E-state index in [0.717, 1.165) is 34.8 Å². The number of hydrogen-bond acceptors (Lipinski definition) is 7. The number of thioether (sulfide) groups is 1. The van der Waals surface area contributed by atoms with Crippen LogP contribution in [0.15, 0.2) is 57.8 Å². The highest BCUT2D eigenvalue weighted by atomic mass is 32.2. The molecular formula is C22H23F3N4O3S3. The second kappa shape index (κ2) is 11.0. The molecular weight excluding hydrogens is 521 g/mol. The summed E-state index contributed by atoms with van der Waals surface area (Å²) in [6.07, 6.45) is -4.69. The van der Waals surface area contributed by atoms with Crippen molar-refractivity contribution in [2.75, 3.05) is 21.9 Å². The van der Waals surface area contributed by atoms with Crippen molar-refractivity contribution in [3.63, 3.8) is 0 Å². The number of carbonyl (C=O) groups excluding carboxylic acids is 1. The molecule has 35 heavy (non-hydrogen) atoms. The Bertz CT molecular complexity index is 1280. The minimum Gasteiger partial charge on any atom is -0.299 e. The maximum atomic E-state index is 13.4. The molecule has 0 fully saturated rings. The fourth-order valence-electron chi connectivity index (χ4n) is 2.84. The largest absolute Gasteiger partial charge is 0.416 e. The van der Waals surface area contributed by atoms with Crippen LogP contribution in [0.3, 0.4) is 0 Å². The third kappa shape index (κ3) is 7.18. The number of carbonyl (C=O) groups is 1. The molecule has 188 valence electrons. The second-order valence-electron chi connectivity index (χ2n) is 8.00. The number of nitrogens with one attached hydrogen (secondary N) is 1. The maximum Gasteiger partial charge on any atom is 0.416 e. The number of hydrogen-bond donors (Lipinski definition) is 1. The summed E-state index contributed by atoms with van der Waals surface area (Å²) in [5, 5.41) is 10.5. The van der Waals surface area contributed by atoms with Gasteiger partial charge in [-0.25, -0.2) is 8.42 Å². The summed E-state index contributed by atoms with van der Waals surface area (Å²) in [6.45, 7) is 5.11. The van der Waals surface area contributed by atoms with E-state index in [1.54, 1.807) is 19.1 Å². The first-order valence-electron chi connectivity index (χ1n) is 10.4. The van der Waals surface area contributed by atoms with Gasteiger partial charge in [-0.05, 0) is 43.2 Å². The van der Waals surface area contributed by atoms with Gasteiger partial charge >= 0.3 is 6.18 Å². The summed E-state index contributed by atoms with van der Waals surface area (Å²) in [5.41, 5.74) is -0.522. The molecule has 0 aliphatic heterocycles. The van der Waals surface area contributed by atoms with Crippen LogP contribution in [0.1, 0.15) is 25.0 Å². The molecule has 0 spiro atoms. The molecule has 1 aromatic heterocycles. The van der Waals surface area contributed by atoms with Crippen LogP contribution in [0.25, 0.3) is 0 Å². The number of halogens is 3. The van der Waals surface area contributed by atoms with Crippen molar-refractivity contribution in [3.8, 4) is 0 Å². The minimum atomic E-state index is -4.69. The monoisotopic (exact) mass is 544 g/mol. The molecule has 1 heterocycles. The molecule has 0 bridgehead atoms. The Morgan fingerprint density at radius 2 is 1.83 bits per heavy atom. The van der Waals surface area contributed by atoms with Crippen LogP contribution in [-0.2, 0) is 21.0 Å². The van der Waals surface area contributed by atoms with Gasteiger partial charge in [0.25, 0.3) is 10.0 Å². The van der Waals surface area contributed by atoms with Gasteiger partial charge in [0.15, 0.2) is 4.34 Å². The standard InChI is InChI=1S/C22H23F3N4O3S3/c1-14(2)13-33-21-28-27-20(34-21)26-19(30)12-29(17-6-4-5-16(11-17)22(23,24)25)35(31,32)18-9-7-15(3)8-10-18/h4-11,14H,12-13H2,1-3H3,(H,26,27,30). The lowest BCUT2D eigenvalue weighted by atomic mass is 10.2. The van der Waals surface area contributed by atoms with E-state index in [0.29, 0.717) is 20.6 Å². The number of rotatable bonds is 9. The van der Waals surface area contributed by atoms with E-state index < -0.39 is 34.2 Å². The molecule has 13 heteroatoms. The van der Waals surface area contributed by atoms with Gasteiger partial charge in [0.2, 0.25) is 11.0 Å². The molecule has 0 aliphatic rings. The second-order valence-corrected chi connectivity index (χ2v) is 12.1. The summed E-state index contributed by atoms with van der Waals surface area (Å²) in [7, 11) is -4.37. The number of aromatic nitrogens is 2. The normalized spacial score (nSPS) is 12.1. The Labute approximate surface area is 209 Å². The lowest BCUT2D eigenvalue weighted by molar-refractivity contribution is -0.137. The van der Waals surface area contributed by atoms with E-state index in [4.69, 9.17) is 0 Å². The van der Waals surface area contributed by atoms with Crippen molar-refractivity contribution >= 4 is 49.8 Å². The van der Waals surface area contributed by atoms with Gasteiger partial charge in [0.1, 0.15) is 6.54 Å². The number of amides is 1. The number of sulfonamides is 1. The van der Waals surface area contributed by atoms with Crippen LogP contribution in [0.2, 0.25) is 0 Å². The molecule has 0 aliphatic carbocycles. The smallest absolute Gasteiger partial charge is 0.299 e. The van der Waals surface area contributed by atoms with Gasteiger partial charge in [0, 0.05) is 5.75 Å². The highest BCUT2D eigenvalue weighted by Gasteiger charge is 2.33. The Morgan fingerprint density at radius 1 is 1.14 bits per heavy atom. The number of nitrogens with zero attached hydrogens (tertiary/aromatic N) is 3. The zero-order chi connectivity index (χ0) is 25.8. The molecule has 0 saturated heterocycles. The summed E-state index contributed by atoms with van der Waals surface area (Å²) >= 11 is 2.60. The van der Waals surface area contributed by atoms with Crippen LogP contribution in [-0.4, -0.2) is 36.8 Å². The van der Waals surface area contributed by atoms with Crippen LogP contribution >= 0.6 is 23.1 Å². The zero-order valence-corrected chi connectivity index (χ0v) is 21.5. The van der Waals surface area contributed by atoms with Crippen LogP contribution in [0.5, 0.6) is 0 Å². The van der Waals surface area contributed by atoms with E-state index in [1.807, 2.05) is 13.8 Å². The lowest BCUT2D eigenvalue weighted by Gasteiger charge is -2.24. The van der Waals surface area contributed by atoms with Crippen molar-refractivity contribution in [2.24, 2.45) is 5.92 Å². The van der Waals surface area contributed by atoms with Crippen molar-refractivity contribution in [2.45, 2.75) is 36.2 Å². The molecule has 3 rings (SSSR count). The lowest BCUT2D eigenvalue weighted by Crippen LogP contribution is -2.38. The van der Waals surface area contributed by atoms with E-state index in [1.165, 1.54) is 30.0 Å². The van der Waals surface area contributed by atoms with Crippen molar-refractivity contribution in [3.05, 3.63) is 59.7 Å². The summed E-state index contributed by atoms with van der Waals surface area (Å²) < 4.78 is 67.9. The van der Waals surface area contributed by atoms with Crippen molar-refractivity contribution < 1.29 is 26.4 Å². The van der Waals surface area contributed by atoms with Crippen LogP contribution in [0, 0.1) is 12.8 Å². The van der Waals surface area contributed by atoms with Gasteiger partial charge in [-0.3, -0.25) is 14.4 Å². The highest BCUT2D eigenvalue weighted by Crippen LogP contribution is 2.33. The summed E-state index contributed by atoms with van der Waals surface area (Å²) in [6, 6.07) is 9.64. The van der Waals surface area contributed by atoms with Crippen molar-refractivity contribution in [1.82, 2.24) is 10.2 Å². The van der Waals surface area contributed by atoms with E-state index in [2.05, 4.69) is 15.5 Å². The fourth-order valence-corrected chi connectivity index (χ4v) is 5.99. The van der Waals surface area contributed by atoms with Gasteiger partial charge in [-0.2, -0.15) is 13.2 Å². The Morgan fingerprint density at radius 3 is 2.46 bits per heavy atom. The molecule has 0 radical (unpaired) electrons.